The van der Waals surface area contributed by atoms with Gasteiger partial charge >= 0.3 is 0 Å². The molecule has 0 saturated heterocycles. The summed E-state index contributed by atoms with van der Waals surface area (Å²) in [6.07, 6.45) is 5.72. The van der Waals surface area contributed by atoms with Crippen molar-refractivity contribution in [2.24, 2.45) is 0 Å². The number of rotatable bonds is 4. The number of para-hydroxylation sites is 2. The Morgan fingerprint density at radius 1 is 1.00 bits per heavy atom. The molecule has 1 amide bonds. The molecule has 1 saturated carbocycles. The molecule has 27 heavy (non-hydrogen) atoms. The standard InChI is InChI=1S/C22H23N3O2/c1-15-11-13-16(14-12-15)20(26)21(27)24-22-23-18-9-5-6-10-19(18)25(22)17-7-3-2-4-8-17/h5-6,9-14,17H,2-4,7-8H2,1H3,(H,23,24,27). The summed E-state index contributed by atoms with van der Waals surface area (Å²) < 4.78 is 2.11. The van der Waals surface area contributed by atoms with Gasteiger partial charge in [0.2, 0.25) is 5.95 Å². The maximum Gasteiger partial charge on any atom is 0.299 e. The van der Waals surface area contributed by atoms with Crippen molar-refractivity contribution in [2.45, 2.75) is 45.1 Å². The van der Waals surface area contributed by atoms with Gasteiger partial charge in [-0.2, -0.15) is 0 Å². The van der Waals surface area contributed by atoms with Crippen LogP contribution in [-0.4, -0.2) is 21.2 Å². The van der Waals surface area contributed by atoms with E-state index in [0.29, 0.717) is 17.6 Å². The van der Waals surface area contributed by atoms with Crippen LogP contribution in [0, 0.1) is 6.92 Å². The fourth-order valence-electron chi connectivity index (χ4n) is 3.84. The summed E-state index contributed by atoms with van der Waals surface area (Å²) in [5.41, 5.74) is 3.27. The van der Waals surface area contributed by atoms with Crippen LogP contribution in [0.5, 0.6) is 0 Å². The van der Waals surface area contributed by atoms with Crippen LogP contribution >= 0.6 is 0 Å². The third kappa shape index (κ3) is 3.50. The Balaban J connectivity index is 1.65. The zero-order valence-corrected chi connectivity index (χ0v) is 15.4. The molecule has 138 valence electrons. The summed E-state index contributed by atoms with van der Waals surface area (Å²) >= 11 is 0. The van der Waals surface area contributed by atoms with E-state index in [1.807, 2.05) is 43.3 Å². The molecular weight excluding hydrogens is 338 g/mol. The van der Waals surface area contributed by atoms with Crippen molar-refractivity contribution in [2.75, 3.05) is 5.32 Å². The second-order valence-corrected chi connectivity index (χ2v) is 7.24. The number of carbonyl (C=O) groups excluding carboxylic acids is 2. The van der Waals surface area contributed by atoms with E-state index >= 15 is 0 Å². The molecule has 0 spiro atoms. The molecule has 1 aromatic heterocycles. The molecule has 3 aromatic rings. The molecule has 0 aliphatic heterocycles. The van der Waals surface area contributed by atoms with Crippen LogP contribution < -0.4 is 5.32 Å². The maximum absolute atomic E-state index is 12.6. The first-order valence-corrected chi connectivity index (χ1v) is 9.53. The molecule has 0 radical (unpaired) electrons. The van der Waals surface area contributed by atoms with Crippen LogP contribution in [0.15, 0.2) is 48.5 Å². The minimum Gasteiger partial charge on any atom is -0.307 e. The van der Waals surface area contributed by atoms with Gasteiger partial charge in [-0.05, 0) is 31.9 Å². The lowest BCUT2D eigenvalue weighted by Gasteiger charge is -2.25. The summed E-state index contributed by atoms with van der Waals surface area (Å²) in [6.45, 7) is 1.95. The third-order valence-electron chi connectivity index (χ3n) is 5.28. The lowest BCUT2D eigenvalue weighted by atomic mass is 9.95. The molecule has 1 N–H and O–H groups in total. The minimum absolute atomic E-state index is 0.302. The molecular formula is C22H23N3O2. The third-order valence-corrected chi connectivity index (χ3v) is 5.28. The van der Waals surface area contributed by atoms with Crippen molar-refractivity contribution in [3.63, 3.8) is 0 Å². The average molecular weight is 361 g/mol. The number of benzene rings is 2. The van der Waals surface area contributed by atoms with Crippen LogP contribution in [0.1, 0.15) is 54.1 Å². The van der Waals surface area contributed by atoms with E-state index in [0.717, 1.165) is 29.4 Å². The number of fused-ring (bicyclic) bond motifs is 1. The summed E-state index contributed by atoms with van der Waals surface area (Å²) in [5, 5.41) is 2.77. The van der Waals surface area contributed by atoms with E-state index in [9.17, 15) is 9.59 Å². The van der Waals surface area contributed by atoms with Crippen molar-refractivity contribution in [3.8, 4) is 0 Å². The van der Waals surface area contributed by atoms with Crippen LogP contribution in [-0.2, 0) is 4.79 Å². The van der Waals surface area contributed by atoms with Crippen LogP contribution in [0.25, 0.3) is 11.0 Å². The molecule has 1 heterocycles. The van der Waals surface area contributed by atoms with Crippen molar-refractivity contribution >= 4 is 28.7 Å². The van der Waals surface area contributed by atoms with Crippen molar-refractivity contribution in [1.29, 1.82) is 0 Å². The van der Waals surface area contributed by atoms with E-state index in [4.69, 9.17) is 0 Å². The minimum atomic E-state index is -0.647. The van der Waals surface area contributed by atoms with E-state index in [-0.39, 0.29) is 0 Å². The first-order chi connectivity index (χ1) is 13.1. The number of hydrogen-bond donors (Lipinski definition) is 1. The average Bonchev–Trinajstić information content (AvgIpc) is 3.06. The van der Waals surface area contributed by atoms with Crippen LogP contribution in [0.2, 0.25) is 0 Å². The van der Waals surface area contributed by atoms with Crippen molar-refractivity contribution in [1.82, 2.24) is 9.55 Å². The number of hydrogen-bond acceptors (Lipinski definition) is 3. The number of aryl methyl sites for hydroxylation is 1. The highest BCUT2D eigenvalue weighted by Crippen LogP contribution is 2.34. The normalized spacial score (nSPS) is 15.0. The predicted octanol–water partition coefficient (Wildman–Crippen LogP) is 4.67. The monoisotopic (exact) mass is 361 g/mol. The molecule has 1 aliphatic rings. The van der Waals surface area contributed by atoms with Gasteiger partial charge in [0, 0.05) is 11.6 Å². The topological polar surface area (TPSA) is 64.0 Å². The number of nitrogens with one attached hydrogen (secondary N) is 1. The summed E-state index contributed by atoms with van der Waals surface area (Å²) in [7, 11) is 0. The summed E-state index contributed by atoms with van der Waals surface area (Å²) in [6, 6.07) is 15.2. The first kappa shape index (κ1) is 17.5. The van der Waals surface area contributed by atoms with Crippen LogP contribution in [0.4, 0.5) is 5.95 Å². The summed E-state index contributed by atoms with van der Waals surface area (Å²) in [4.78, 5) is 29.7. The van der Waals surface area contributed by atoms with Gasteiger partial charge in [-0.1, -0.05) is 61.2 Å². The van der Waals surface area contributed by atoms with Crippen molar-refractivity contribution in [3.05, 3.63) is 59.7 Å². The fourth-order valence-corrected chi connectivity index (χ4v) is 3.84. The van der Waals surface area contributed by atoms with Crippen LogP contribution in [0.3, 0.4) is 0 Å². The Bertz CT molecular complexity index is 982. The molecule has 5 nitrogen and oxygen atoms in total. The van der Waals surface area contributed by atoms with Gasteiger partial charge in [0.1, 0.15) is 0 Å². The molecule has 4 rings (SSSR count). The highest BCUT2D eigenvalue weighted by atomic mass is 16.2. The molecule has 1 aliphatic carbocycles. The number of anilines is 1. The maximum atomic E-state index is 12.6. The molecule has 1 fully saturated rings. The van der Waals surface area contributed by atoms with Gasteiger partial charge in [0.05, 0.1) is 11.0 Å². The van der Waals surface area contributed by atoms with Gasteiger partial charge in [-0.25, -0.2) is 4.98 Å². The number of nitrogens with zero attached hydrogens (tertiary/aromatic N) is 2. The van der Waals surface area contributed by atoms with Gasteiger partial charge in [-0.15, -0.1) is 0 Å². The molecule has 0 unspecified atom stereocenters. The van der Waals surface area contributed by atoms with Crippen molar-refractivity contribution < 1.29 is 9.59 Å². The Hall–Kier alpha value is -2.95. The first-order valence-electron chi connectivity index (χ1n) is 9.53. The fraction of sp³-hybridized carbons (Fsp3) is 0.318. The molecule has 0 atom stereocenters. The molecule has 2 aromatic carbocycles. The highest BCUT2D eigenvalue weighted by molar-refractivity contribution is 6.46. The number of Topliss-reactive ketones (excluding diaryl/α,β-unsaturated/α-hetero) is 1. The second kappa shape index (κ2) is 7.35. The molecule has 5 heteroatoms. The van der Waals surface area contributed by atoms with E-state index in [1.165, 1.54) is 19.3 Å². The zero-order chi connectivity index (χ0) is 18.8. The number of imidazole rings is 1. The van der Waals surface area contributed by atoms with E-state index in [1.54, 1.807) is 12.1 Å². The smallest absolute Gasteiger partial charge is 0.299 e. The van der Waals surface area contributed by atoms with E-state index < -0.39 is 11.7 Å². The number of amides is 1. The SMILES string of the molecule is Cc1ccc(C(=O)C(=O)Nc2nc3ccccc3n2C2CCCCC2)cc1. The van der Waals surface area contributed by atoms with Gasteiger partial charge in [0.25, 0.3) is 11.7 Å². The lowest BCUT2D eigenvalue weighted by molar-refractivity contribution is -0.112. The second-order valence-electron chi connectivity index (χ2n) is 7.24. The van der Waals surface area contributed by atoms with E-state index in [2.05, 4.69) is 14.9 Å². The van der Waals surface area contributed by atoms with Gasteiger partial charge in [0.15, 0.2) is 0 Å². The Morgan fingerprint density at radius 2 is 1.70 bits per heavy atom. The Kier molecular flexibility index (Phi) is 4.75. The summed E-state index contributed by atoms with van der Waals surface area (Å²) in [5.74, 6) is -0.725. The Labute approximate surface area is 158 Å². The number of ketones is 1. The lowest BCUT2D eigenvalue weighted by Crippen LogP contribution is -2.26. The predicted molar refractivity (Wildman–Crippen MR) is 106 cm³/mol. The number of aromatic nitrogens is 2. The number of carbonyl (C=O) groups is 2. The van der Waals surface area contributed by atoms with Gasteiger partial charge in [-0.3, -0.25) is 14.9 Å². The quantitative estimate of drug-likeness (QED) is 0.542. The zero-order valence-electron chi connectivity index (χ0n) is 15.4. The largest absolute Gasteiger partial charge is 0.307 e. The Morgan fingerprint density at radius 3 is 2.44 bits per heavy atom. The molecule has 0 bridgehead atoms. The highest BCUT2D eigenvalue weighted by Gasteiger charge is 2.24. The van der Waals surface area contributed by atoms with Gasteiger partial charge < -0.3 is 4.57 Å².